The third-order valence-electron chi connectivity index (χ3n) is 5.34. The molecule has 4 rings (SSSR count). The lowest BCUT2D eigenvalue weighted by Crippen LogP contribution is -2.35. The summed E-state index contributed by atoms with van der Waals surface area (Å²) in [5.41, 5.74) is 3.21. The van der Waals surface area contributed by atoms with E-state index in [1.165, 1.54) is 30.3 Å². The molecule has 0 radical (unpaired) electrons. The molecule has 2 aromatic rings. The van der Waals surface area contributed by atoms with Crippen molar-refractivity contribution in [3.05, 3.63) is 54.1 Å². The number of thioether (sulfide) groups is 1. The van der Waals surface area contributed by atoms with Gasteiger partial charge in [0.05, 0.1) is 10.9 Å². The molecule has 2 amide bonds. The van der Waals surface area contributed by atoms with Gasteiger partial charge in [0.1, 0.15) is 0 Å². The first-order chi connectivity index (χ1) is 13.6. The zero-order valence-electron chi connectivity index (χ0n) is 16.1. The van der Waals surface area contributed by atoms with E-state index >= 15 is 0 Å². The van der Waals surface area contributed by atoms with Crippen LogP contribution in [0.3, 0.4) is 0 Å². The number of fused-ring (bicyclic) bond motifs is 1. The second-order valence-electron chi connectivity index (χ2n) is 7.37. The smallest absolute Gasteiger partial charge is 0.238 e. The highest BCUT2D eigenvalue weighted by atomic mass is 32.2. The first-order valence-electron chi connectivity index (χ1n) is 9.75. The summed E-state index contributed by atoms with van der Waals surface area (Å²) in [5, 5.41) is 2.52. The van der Waals surface area contributed by atoms with Gasteiger partial charge in [-0.3, -0.25) is 9.59 Å². The van der Waals surface area contributed by atoms with Crippen molar-refractivity contribution in [1.82, 2.24) is 4.90 Å². The normalized spacial score (nSPS) is 18.5. The van der Waals surface area contributed by atoms with E-state index in [9.17, 15) is 9.59 Å². The van der Waals surface area contributed by atoms with Gasteiger partial charge in [-0.05, 0) is 36.6 Å². The first-order valence-corrected chi connectivity index (χ1v) is 10.6. The van der Waals surface area contributed by atoms with Crippen molar-refractivity contribution in [2.24, 2.45) is 0 Å². The molecule has 1 saturated heterocycles. The molecular formula is C22H25N3O2S. The average molecular weight is 396 g/mol. The Morgan fingerprint density at radius 3 is 2.68 bits per heavy atom. The largest absolute Gasteiger partial charge is 0.371 e. The highest BCUT2D eigenvalue weighted by Crippen LogP contribution is 2.37. The van der Waals surface area contributed by atoms with Gasteiger partial charge in [0.15, 0.2) is 0 Å². The number of benzene rings is 2. The van der Waals surface area contributed by atoms with Crippen molar-refractivity contribution in [2.75, 3.05) is 30.4 Å². The summed E-state index contributed by atoms with van der Waals surface area (Å²) in [6.07, 6.45) is 2.64. The van der Waals surface area contributed by atoms with Crippen LogP contribution in [0.4, 0.5) is 11.4 Å². The maximum Gasteiger partial charge on any atom is 0.238 e. The van der Waals surface area contributed by atoms with Crippen LogP contribution in [0.5, 0.6) is 0 Å². The number of hydrogen-bond acceptors (Lipinski definition) is 4. The third-order valence-corrected chi connectivity index (χ3v) is 6.61. The molecule has 5 nitrogen and oxygen atoms in total. The van der Waals surface area contributed by atoms with Crippen LogP contribution in [0, 0.1) is 0 Å². The molecule has 2 aliphatic rings. The van der Waals surface area contributed by atoms with Gasteiger partial charge in [-0.15, -0.1) is 11.8 Å². The summed E-state index contributed by atoms with van der Waals surface area (Å²) in [4.78, 5) is 30.4. The lowest BCUT2D eigenvalue weighted by molar-refractivity contribution is -0.131. The van der Waals surface area contributed by atoms with Gasteiger partial charge in [0.25, 0.3) is 0 Å². The first kappa shape index (κ1) is 18.9. The predicted molar refractivity (Wildman–Crippen MR) is 114 cm³/mol. The topological polar surface area (TPSA) is 52.6 Å². The average Bonchev–Trinajstić information content (AvgIpc) is 3.23. The van der Waals surface area contributed by atoms with Crippen molar-refractivity contribution in [2.45, 2.75) is 36.0 Å². The second kappa shape index (κ2) is 8.27. The lowest BCUT2D eigenvalue weighted by Gasteiger charge is -2.27. The maximum absolute atomic E-state index is 12.8. The van der Waals surface area contributed by atoms with Gasteiger partial charge >= 0.3 is 0 Å². The van der Waals surface area contributed by atoms with E-state index in [0.717, 1.165) is 29.2 Å². The molecule has 1 N–H and O–H groups in total. The number of nitrogens with zero attached hydrogens (tertiary/aromatic N) is 2. The summed E-state index contributed by atoms with van der Waals surface area (Å²) in [6, 6.07) is 16.0. The molecule has 6 heteroatoms. The van der Waals surface area contributed by atoms with Crippen LogP contribution in [-0.4, -0.2) is 42.1 Å². The van der Waals surface area contributed by atoms with Gasteiger partial charge in [-0.2, -0.15) is 0 Å². The number of carbonyl (C=O) groups excluding carboxylic acids is 2. The van der Waals surface area contributed by atoms with Crippen LogP contribution in [-0.2, 0) is 16.1 Å². The van der Waals surface area contributed by atoms with Crippen LogP contribution >= 0.6 is 11.8 Å². The molecule has 2 aliphatic heterocycles. The summed E-state index contributed by atoms with van der Waals surface area (Å²) < 4.78 is 0. The molecule has 0 aliphatic carbocycles. The molecule has 0 bridgehead atoms. The Kier molecular flexibility index (Phi) is 5.57. The Hall–Kier alpha value is -2.47. The number of hydrogen-bond donors (Lipinski definition) is 1. The monoisotopic (exact) mass is 395 g/mol. The molecule has 1 fully saturated rings. The fourth-order valence-corrected chi connectivity index (χ4v) is 4.90. The molecule has 2 heterocycles. The minimum Gasteiger partial charge on any atom is -0.371 e. The van der Waals surface area contributed by atoms with Gasteiger partial charge in [0.2, 0.25) is 11.8 Å². The number of anilines is 2. The van der Waals surface area contributed by atoms with Crippen LogP contribution in [0.2, 0.25) is 0 Å². The Labute approximate surface area is 170 Å². The summed E-state index contributed by atoms with van der Waals surface area (Å²) in [7, 11) is 1.82. The Morgan fingerprint density at radius 2 is 1.86 bits per heavy atom. The van der Waals surface area contributed by atoms with E-state index in [4.69, 9.17) is 0 Å². The van der Waals surface area contributed by atoms with Gasteiger partial charge in [0, 0.05) is 43.7 Å². The van der Waals surface area contributed by atoms with Crippen molar-refractivity contribution >= 4 is 35.0 Å². The quantitative estimate of drug-likeness (QED) is 0.838. The van der Waals surface area contributed by atoms with E-state index in [0.29, 0.717) is 6.54 Å². The maximum atomic E-state index is 12.8. The van der Waals surface area contributed by atoms with Crippen molar-refractivity contribution in [3.63, 3.8) is 0 Å². The van der Waals surface area contributed by atoms with Gasteiger partial charge in [-0.25, -0.2) is 0 Å². The zero-order chi connectivity index (χ0) is 19.5. The van der Waals surface area contributed by atoms with Gasteiger partial charge in [-0.1, -0.05) is 30.3 Å². The van der Waals surface area contributed by atoms with Gasteiger partial charge < -0.3 is 15.1 Å². The number of para-hydroxylation sites is 2. The molecule has 0 unspecified atom stereocenters. The molecule has 28 heavy (non-hydrogen) atoms. The molecule has 146 valence electrons. The summed E-state index contributed by atoms with van der Waals surface area (Å²) in [5.74, 6) is -0.105. The molecule has 0 saturated carbocycles. The number of amides is 2. The van der Waals surface area contributed by atoms with E-state index in [1.54, 1.807) is 4.90 Å². The summed E-state index contributed by atoms with van der Waals surface area (Å²) in [6.45, 7) is 2.71. The van der Waals surface area contributed by atoms with Crippen molar-refractivity contribution in [3.8, 4) is 0 Å². The minimum atomic E-state index is -0.390. The Bertz CT molecular complexity index is 880. The molecule has 1 atom stereocenters. The highest BCUT2D eigenvalue weighted by molar-refractivity contribution is 8.01. The number of nitrogens with one attached hydrogen (secondary N) is 1. The molecular weight excluding hydrogens is 370 g/mol. The van der Waals surface area contributed by atoms with E-state index < -0.39 is 5.25 Å². The van der Waals surface area contributed by atoms with Crippen LogP contribution in [0.15, 0.2) is 53.4 Å². The van der Waals surface area contributed by atoms with E-state index in [2.05, 4.69) is 28.4 Å². The zero-order valence-corrected chi connectivity index (χ0v) is 16.9. The van der Waals surface area contributed by atoms with Crippen molar-refractivity contribution in [1.29, 1.82) is 0 Å². The molecule has 0 aromatic heterocycles. The number of carbonyl (C=O) groups is 2. The fourth-order valence-electron chi connectivity index (χ4n) is 3.80. The molecule has 0 spiro atoms. The summed E-state index contributed by atoms with van der Waals surface area (Å²) >= 11 is 1.47. The fraction of sp³-hybridized carbons (Fsp3) is 0.364. The van der Waals surface area contributed by atoms with Crippen LogP contribution < -0.4 is 10.2 Å². The van der Waals surface area contributed by atoms with Crippen molar-refractivity contribution < 1.29 is 9.59 Å². The van der Waals surface area contributed by atoms with E-state index in [1.807, 2.05) is 37.4 Å². The van der Waals surface area contributed by atoms with Crippen LogP contribution in [0.25, 0.3) is 0 Å². The van der Waals surface area contributed by atoms with E-state index in [-0.39, 0.29) is 18.2 Å². The second-order valence-corrected chi connectivity index (χ2v) is 8.61. The SMILES string of the molecule is CN(Cc1ccccc1N1CCCC1)C(=O)C[C@@H]1Sc2ccccc2NC1=O. The number of rotatable bonds is 5. The predicted octanol–water partition coefficient (Wildman–Crippen LogP) is 3.75. The third kappa shape index (κ3) is 4.02. The standard InChI is InChI=1S/C22H25N3O2S/c1-24(15-16-8-2-4-10-18(16)25-12-6-7-13-25)21(26)14-20-22(27)23-17-9-3-5-11-19(17)28-20/h2-5,8-11,20H,6-7,12-15H2,1H3,(H,23,27)/t20-/m0/s1. The highest BCUT2D eigenvalue weighted by Gasteiger charge is 2.30. The lowest BCUT2D eigenvalue weighted by atomic mass is 10.1. The Balaban J connectivity index is 1.41. The minimum absolute atomic E-state index is 0.0109. The molecule has 2 aromatic carbocycles. The van der Waals surface area contributed by atoms with Crippen LogP contribution in [0.1, 0.15) is 24.8 Å². The Morgan fingerprint density at radius 1 is 1.14 bits per heavy atom.